The zero-order valence-electron chi connectivity index (χ0n) is 18.5. The molecule has 0 radical (unpaired) electrons. The quantitative estimate of drug-likeness (QED) is 0.371. The van der Waals surface area contributed by atoms with E-state index >= 15 is 0 Å². The number of thiophene rings is 1. The summed E-state index contributed by atoms with van der Waals surface area (Å²) < 4.78 is 13.4. The first-order valence-corrected chi connectivity index (χ1v) is 11.1. The average molecular weight is 443 g/mol. The van der Waals surface area contributed by atoms with Gasteiger partial charge in [-0.15, -0.1) is 21.5 Å². The Hall–Kier alpha value is -3.07. The molecular formula is C22H30N6O2S. The predicted molar refractivity (Wildman–Crippen MR) is 124 cm³/mol. The van der Waals surface area contributed by atoms with Crippen LogP contribution in [0, 0.1) is 6.92 Å². The number of nitrogens with one attached hydrogen (secondary N) is 2. The first kappa shape index (κ1) is 22.6. The third-order valence-corrected chi connectivity index (χ3v) is 5.70. The molecule has 0 saturated heterocycles. The highest BCUT2D eigenvalue weighted by Gasteiger charge is 2.10. The fourth-order valence-corrected chi connectivity index (χ4v) is 3.60. The maximum absolute atomic E-state index is 6.04. The van der Waals surface area contributed by atoms with Crippen molar-refractivity contribution < 1.29 is 9.47 Å². The van der Waals surface area contributed by atoms with Gasteiger partial charge in [-0.05, 0) is 43.8 Å². The molecule has 0 amide bonds. The lowest BCUT2D eigenvalue weighted by Crippen LogP contribution is -2.42. The van der Waals surface area contributed by atoms with E-state index in [0.717, 1.165) is 36.1 Å². The van der Waals surface area contributed by atoms with Crippen LogP contribution >= 0.6 is 11.3 Å². The molecule has 0 aliphatic heterocycles. The molecule has 2 heterocycles. The summed E-state index contributed by atoms with van der Waals surface area (Å²) in [4.78, 5) is 6.03. The van der Waals surface area contributed by atoms with E-state index in [-0.39, 0.29) is 6.10 Å². The molecule has 166 valence electrons. The van der Waals surface area contributed by atoms with E-state index < -0.39 is 0 Å². The van der Waals surface area contributed by atoms with Crippen molar-refractivity contribution in [1.29, 1.82) is 0 Å². The van der Waals surface area contributed by atoms with Gasteiger partial charge in [0, 0.05) is 18.5 Å². The molecule has 1 atom stereocenters. The zero-order valence-corrected chi connectivity index (χ0v) is 19.3. The van der Waals surface area contributed by atoms with Crippen LogP contribution in [-0.4, -0.2) is 47.0 Å². The molecule has 3 rings (SSSR count). The minimum absolute atomic E-state index is 0.0855. The van der Waals surface area contributed by atoms with E-state index in [1.807, 2.05) is 49.7 Å². The lowest BCUT2D eigenvalue weighted by molar-refractivity contribution is 0.213. The van der Waals surface area contributed by atoms with Gasteiger partial charge in [0.05, 0.1) is 13.7 Å². The smallest absolute Gasteiger partial charge is 0.191 e. The first-order valence-electron chi connectivity index (χ1n) is 10.3. The van der Waals surface area contributed by atoms with E-state index in [9.17, 15) is 0 Å². The largest absolute Gasteiger partial charge is 0.493 e. The Bertz CT molecular complexity index is 970. The standard InChI is InChI=1S/C22H30N6O2S/c1-16(30-20-10-6-5-9-19(20)29-4)14-24-22(23-12-11-18-8-7-13-31-18)25-15-21-27-26-17(2)28(21)3/h5-10,13,16H,11-12,14-15H2,1-4H3,(H2,23,24,25). The Labute approximate surface area is 187 Å². The molecule has 0 aliphatic carbocycles. The van der Waals surface area contributed by atoms with E-state index in [2.05, 4.69) is 38.3 Å². The molecule has 8 nitrogen and oxygen atoms in total. The van der Waals surface area contributed by atoms with Gasteiger partial charge in [0.25, 0.3) is 0 Å². The summed E-state index contributed by atoms with van der Waals surface area (Å²) in [5.41, 5.74) is 0. The number of guanidine groups is 1. The number of benzene rings is 1. The average Bonchev–Trinajstić information content (AvgIpc) is 3.40. The molecule has 1 aromatic carbocycles. The van der Waals surface area contributed by atoms with Crippen LogP contribution in [0.3, 0.4) is 0 Å². The van der Waals surface area contributed by atoms with Crippen molar-refractivity contribution in [1.82, 2.24) is 25.4 Å². The molecular weight excluding hydrogens is 412 g/mol. The van der Waals surface area contributed by atoms with Crippen LogP contribution in [0.25, 0.3) is 0 Å². The van der Waals surface area contributed by atoms with Crippen LogP contribution < -0.4 is 20.1 Å². The molecule has 0 spiro atoms. The van der Waals surface area contributed by atoms with Crippen molar-refractivity contribution in [3.63, 3.8) is 0 Å². The molecule has 1 unspecified atom stereocenters. The van der Waals surface area contributed by atoms with E-state index in [1.54, 1.807) is 18.4 Å². The van der Waals surface area contributed by atoms with E-state index in [0.29, 0.717) is 19.0 Å². The monoisotopic (exact) mass is 442 g/mol. The Kier molecular flexibility index (Phi) is 8.28. The Morgan fingerprint density at radius 3 is 2.65 bits per heavy atom. The third-order valence-electron chi connectivity index (χ3n) is 4.76. The summed E-state index contributed by atoms with van der Waals surface area (Å²) in [6, 6.07) is 11.9. The maximum atomic E-state index is 6.04. The Morgan fingerprint density at radius 2 is 1.97 bits per heavy atom. The van der Waals surface area contributed by atoms with Crippen molar-refractivity contribution in [2.24, 2.45) is 12.0 Å². The second-order valence-corrected chi connectivity index (χ2v) is 8.14. The van der Waals surface area contributed by atoms with Gasteiger partial charge in [-0.2, -0.15) is 0 Å². The Balaban J connectivity index is 1.59. The lowest BCUT2D eigenvalue weighted by atomic mass is 10.3. The van der Waals surface area contributed by atoms with Gasteiger partial charge >= 0.3 is 0 Å². The van der Waals surface area contributed by atoms with E-state index in [4.69, 9.17) is 14.5 Å². The van der Waals surface area contributed by atoms with Crippen LogP contribution in [0.2, 0.25) is 0 Å². The summed E-state index contributed by atoms with van der Waals surface area (Å²) in [6.07, 6.45) is 0.854. The molecule has 2 aromatic heterocycles. The van der Waals surface area contributed by atoms with Crippen LogP contribution in [0.4, 0.5) is 0 Å². The highest BCUT2D eigenvalue weighted by atomic mass is 32.1. The zero-order chi connectivity index (χ0) is 22.1. The molecule has 0 saturated carbocycles. The van der Waals surface area contributed by atoms with Gasteiger partial charge < -0.3 is 24.7 Å². The summed E-state index contributed by atoms with van der Waals surface area (Å²) in [5, 5.41) is 17.2. The third kappa shape index (κ3) is 6.71. The lowest BCUT2D eigenvalue weighted by Gasteiger charge is -2.19. The number of hydrogen-bond donors (Lipinski definition) is 2. The fraction of sp³-hybridized carbons (Fsp3) is 0.409. The van der Waals surface area contributed by atoms with Gasteiger partial charge in [0.15, 0.2) is 23.3 Å². The van der Waals surface area contributed by atoms with Gasteiger partial charge in [-0.3, -0.25) is 0 Å². The minimum Gasteiger partial charge on any atom is -0.493 e. The Morgan fingerprint density at radius 1 is 1.16 bits per heavy atom. The minimum atomic E-state index is -0.0855. The predicted octanol–water partition coefficient (Wildman–Crippen LogP) is 2.94. The van der Waals surface area contributed by atoms with Gasteiger partial charge in [-0.25, -0.2) is 4.99 Å². The van der Waals surface area contributed by atoms with Crippen molar-refractivity contribution in [2.45, 2.75) is 32.9 Å². The molecule has 0 bridgehead atoms. The highest BCUT2D eigenvalue weighted by Crippen LogP contribution is 2.26. The normalized spacial score (nSPS) is 12.5. The van der Waals surface area contributed by atoms with E-state index in [1.165, 1.54) is 4.88 Å². The molecule has 3 aromatic rings. The second-order valence-electron chi connectivity index (χ2n) is 7.10. The molecule has 0 fully saturated rings. The van der Waals surface area contributed by atoms with Crippen LogP contribution in [0.5, 0.6) is 11.5 Å². The number of rotatable bonds is 10. The number of aliphatic imine (C=N–C) groups is 1. The number of ether oxygens (including phenoxy) is 2. The molecule has 9 heteroatoms. The number of hydrogen-bond acceptors (Lipinski definition) is 6. The van der Waals surface area contributed by atoms with Crippen molar-refractivity contribution in [3.05, 3.63) is 58.3 Å². The first-order chi connectivity index (χ1) is 15.1. The van der Waals surface area contributed by atoms with Crippen LogP contribution in [0.15, 0.2) is 46.8 Å². The number of aromatic nitrogens is 3. The topological polar surface area (TPSA) is 85.6 Å². The summed E-state index contributed by atoms with van der Waals surface area (Å²) >= 11 is 1.76. The van der Waals surface area contributed by atoms with Crippen molar-refractivity contribution in [2.75, 3.05) is 20.2 Å². The number of aryl methyl sites for hydroxylation is 1. The van der Waals surface area contributed by atoms with Crippen molar-refractivity contribution >= 4 is 17.3 Å². The van der Waals surface area contributed by atoms with Crippen LogP contribution in [-0.2, 0) is 20.0 Å². The highest BCUT2D eigenvalue weighted by molar-refractivity contribution is 7.09. The van der Waals surface area contributed by atoms with Gasteiger partial charge in [-0.1, -0.05) is 18.2 Å². The van der Waals surface area contributed by atoms with Gasteiger partial charge in [0.2, 0.25) is 0 Å². The summed E-state index contributed by atoms with van der Waals surface area (Å²) in [6.45, 7) is 5.74. The number of nitrogens with zero attached hydrogens (tertiary/aromatic N) is 4. The van der Waals surface area contributed by atoms with Crippen molar-refractivity contribution in [3.8, 4) is 11.5 Å². The van der Waals surface area contributed by atoms with Gasteiger partial charge in [0.1, 0.15) is 18.5 Å². The molecule has 31 heavy (non-hydrogen) atoms. The SMILES string of the molecule is COc1ccccc1OC(C)CNC(=NCc1nnc(C)n1C)NCCc1cccs1. The molecule has 2 N–H and O–H groups in total. The fourth-order valence-electron chi connectivity index (χ4n) is 2.89. The second kappa shape index (κ2) is 11.4. The summed E-state index contributed by atoms with van der Waals surface area (Å²) in [5.74, 6) is 3.83. The number of methoxy groups -OCH3 is 1. The number of para-hydroxylation sites is 2. The maximum Gasteiger partial charge on any atom is 0.191 e. The van der Waals surface area contributed by atoms with Crippen LogP contribution in [0.1, 0.15) is 23.4 Å². The summed E-state index contributed by atoms with van der Waals surface area (Å²) in [7, 11) is 3.59. The molecule has 0 aliphatic rings.